The van der Waals surface area contributed by atoms with E-state index < -0.39 is 4.92 Å². The Morgan fingerprint density at radius 1 is 1.38 bits per heavy atom. The summed E-state index contributed by atoms with van der Waals surface area (Å²) in [4.78, 5) is 14.1. The average molecular weight is 283 g/mol. The van der Waals surface area contributed by atoms with E-state index in [0.717, 1.165) is 6.20 Å². The van der Waals surface area contributed by atoms with Gasteiger partial charge < -0.3 is 14.9 Å². The first-order valence-corrected chi connectivity index (χ1v) is 5.79. The predicted molar refractivity (Wildman–Crippen MR) is 70.1 cm³/mol. The molecule has 0 spiro atoms. The van der Waals surface area contributed by atoms with E-state index in [1.807, 2.05) is 12.1 Å². The summed E-state index contributed by atoms with van der Waals surface area (Å²) in [5.74, 6) is 0.300. The summed E-state index contributed by atoms with van der Waals surface area (Å²) in [6.45, 7) is -0.0856. The molecule has 0 atom stereocenters. The van der Waals surface area contributed by atoms with Gasteiger partial charge in [-0.25, -0.2) is 9.55 Å². The molecule has 0 saturated heterocycles. The van der Waals surface area contributed by atoms with Crippen molar-refractivity contribution in [3.8, 4) is 17.9 Å². The zero-order valence-corrected chi connectivity index (χ0v) is 11.0. The summed E-state index contributed by atoms with van der Waals surface area (Å²) in [7, 11) is 1.49. The van der Waals surface area contributed by atoms with E-state index in [9.17, 15) is 10.1 Å². The number of para-hydroxylation sites is 1. The van der Waals surface area contributed by atoms with Crippen LogP contribution in [-0.4, -0.2) is 14.5 Å². The van der Waals surface area contributed by atoms with Crippen molar-refractivity contribution in [1.82, 2.24) is 9.55 Å². The Labute approximate surface area is 119 Å². The first-order valence-electron chi connectivity index (χ1n) is 5.79. The standard InChI is InChI=1S/C13H9N5O3/c1-17-11(16-7-12(17)18(19)20)8-21-13-9(5-14)3-2-4-10(13)6-15/h2-4,7H,8H2,1H3. The van der Waals surface area contributed by atoms with Gasteiger partial charge in [0.2, 0.25) is 5.82 Å². The molecule has 1 aromatic heterocycles. The molecular formula is C13H9N5O3. The van der Waals surface area contributed by atoms with Gasteiger partial charge in [0.15, 0.2) is 12.4 Å². The van der Waals surface area contributed by atoms with Crippen molar-refractivity contribution >= 4 is 5.82 Å². The van der Waals surface area contributed by atoms with Gasteiger partial charge in [-0.3, -0.25) is 0 Å². The van der Waals surface area contributed by atoms with Gasteiger partial charge in [0.05, 0.1) is 18.2 Å². The molecule has 1 aromatic carbocycles. The molecule has 0 N–H and O–H groups in total. The van der Waals surface area contributed by atoms with Gasteiger partial charge in [-0.2, -0.15) is 10.5 Å². The second-order valence-corrected chi connectivity index (χ2v) is 4.04. The zero-order chi connectivity index (χ0) is 15.4. The molecule has 0 aliphatic carbocycles. The van der Waals surface area contributed by atoms with Gasteiger partial charge in [0.1, 0.15) is 18.3 Å². The van der Waals surface area contributed by atoms with Crippen molar-refractivity contribution in [2.24, 2.45) is 7.05 Å². The Hall–Kier alpha value is -3.39. The molecule has 1 heterocycles. The lowest BCUT2D eigenvalue weighted by Crippen LogP contribution is -2.07. The van der Waals surface area contributed by atoms with E-state index in [1.54, 1.807) is 6.07 Å². The van der Waals surface area contributed by atoms with Crippen LogP contribution in [0.3, 0.4) is 0 Å². The van der Waals surface area contributed by atoms with Crippen molar-refractivity contribution in [3.63, 3.8) is 0 Å². The fraction of sp³-hybridized carbons (Fsp3) is 0.154. The van der Waals surface area contributed by atoms with Gasteiger partial charge in [0, 0.05) is 0 Å². The highest BCUT2D eigenvalue weighted by Gasteiger charge is 2.18. The fourth-order valence-corrected chi connectivity index (χ4v) is 1.75. The van der Waals surface area contributed by atoms with E-state index in [0.29, 0.717) is 5.82 Å². The second-order valence-electron chi connectivity index (χ2n) is 4.04. The van der Waals surface area contributed by atoms with Gasteiger partial charge >= 0.3 is 5.82 Å². The van der Waals surface area contributed by atoms with Gasteiger partial charge in [-0.1, -0.05) is 6.07 Å². The minimum absolute atomic E-state index is 0.0856. The van der Waals surface area contributed by atoms with Gasteiger partial charge in [-0.05, 0) is 17.1 Å². The van der Waals surface area contributed by atoms with Crippen LogP contribution in [0.4, 0.5) is 5.82 Å². The monoisotopic (exact) mass is 283 g/mol. The number of nitro groups is 1. The molecule has 0 unspecified atom stereocenters. The van der Waals surface area contributed by atoms with E-state index in [1.165, 1.54) is 23.7 Å². The minimum atomic E-state index is -0.555. The summed E-state index contributed by atoms with van der Waals surface area (Å²) in [6.07, 6.45) is 1.13. The summed E-state index contributed by atoms with van der Waals surface area (Å²) in [5, 5.41) is 28.8. The lowest BCUT2D eigenvalue weighted by atomic mass is 10.1. The molecule has 2 aromatic rings. The molecule has 8 nitrogen and oxygen atoms in total. The molecule has 0 fully saturated rings. The van der Waals surface area contributed by atoms with Crippen LogP contribution in [0.15, 0.2) is 24.4 Å². The average Bonchev–Trinajstić information content (AvgIpc) is 2.85. The highest BCUT2D eigenvalue weighted by atomic mass is 16.6. The number of aromatic nitrogens is 2. The molecular weight excluding hydrogens is 274 g/mol. The summed E-state index contributed by atoms with van der Waals surface area (Å²) in [6, 6.07) is 8.49. The number of benzene rings is 1. The molecule has 0 bridgehead atoms. The first kappa shape index (κ1) is 14.0. The Morgan fingerprint density at radius 3 is 2.48 bits per heavy atom. The van der Waals surface area contributed by atoms with E-state index in [2.05, 4.69) is 4.98 Å². The van der Waals surface area contributed by atoms with Crippen LogP contribution in [0.1, 0.15) is 17.0 Å². The van der Waals surface area contributed by atoms with Crippen LogP contribution >= 0.6 is 0 Å². The second kappa shape index (κ2) is 5.72. The lowest BCUT2D eigenvalue weighted by Gasteiger charge is -2.07. The molecule has 0 saturated carbocycles. The summed E-state index contributed by atoms with van der Waals surface area (Å²) in [5.41, 5.74) is 0.440. The molecule has 8 heteroatoms. The number of ether oxygens (including phenoxy) is 1. The highest BCUT2D eigenvalue weighted by Crippen LogP contribution is 2.24. The molecule has 0 aliphatic rings. The number of rotatable bonds is 4. The predicted octanol–water partition coefficient (Wildman–Crippen LogP) is 1.65. The molecule has 104 valence electrons. The zero-order valence-electron chi connectivity index (χ0n) is 11.0. The minimum Gasteiger partial charge on any atom is -0.481 e. The maximum absolute atomic E-state index is 10.7. The first-order chi connectivity index (χ1) is 10.1. The Bertz CT molecular complexity index is 750. The quantitative estimate of drug-likeness (QED) is 0.621. The Balaban J connectivity index is 2.28. The topological polar surface area (TPSA) is 118 Å². The third kappa shape index (κ3) is 2.65. The fourth-order valence-electron chi connectivity index (χ4n) is 1.75. The molecule has 0 amide bonds. The van der Waals surface area contributed by atoms with Crippen LogP contribution < -0.4 is 4.74 Å². The normalized spacial score (nSPS) is 9.67. The third-order valence-electron chi connectivity index (χ3n) is 2.85. The number of nitrogens with zero attached hydrogens (tertiary/aromatic N) is 5. The highest BCUT2D eigenvalue weighted by molar-refractivity contribution is 5.53. The van der Waals surface area contributed by atoms with Gasteiger partial charge in [0.25, 0.3) is 0 Å². The van der Waals surface area contributed by atoms with Crippen LogP contribution in [-0.2, 0) is 13.7 Å². The van der Waals surface area contributed by atoms with Crippen molar-refractivity contribution in [2.75, 3.05) is 0 Å². The molecule has 0 radical (unpaired) electrons. The number of hydrogen-bond acceptors (Lipinski definition) is 6. The third-order valence-corrected chi connectivity index (χ3v) is 2.85. The van der Waals surface area contributed by atoms with Crippen LogP contribution in [0, 0.1) is 32.8 Å². The SMILES string of the molecule is Cn1c([N+](=O)[O-])cnc1COc1c(C#N)cccc1C#N. The Kier molecular flexibility index (Phi) is 3.82. The number of imidazole rings is 1. The lowest BCUT2D eigenvalue weighted by molar-refractivity contribution is -0.391. The number of hydrogen-bond donors (Lipinski definition) is 0. The smallest absolute Gasteiger partial charge is 0.342 e. The van der Waals surface area contributed by atoms with Crippen LogP contribution in [0.5, 0.6) is 5.75 Å². The van der Waals surface area contributed by atoms with E-state index in [-0.39, 0.29) is 29.3 Å². The maximum Gasteiger partial charge on any atom is 0.342 e. The largest absolute Gasteiger partial charge is 0.481 e. The number of nitriles is 2. The Morgan fingerprint density at radius 2 is 2.00 bits per heavy atom. The van der Waals surface area contributed by atoms with E-state index >= 15 is 0 Å². The van der Waals surface area contributed by atoms with Crippen molar-refractivity contribution in [3.05, 3.63) is 51.5 Å². The maximum atomic E-state index is 10.7. The van der Waals surface area contributed by atoms with E-state index in [4.69, 9.17) is 15.3 Å². The molecule has 0 aliphatic heterocycles. The van der Waals surface area contributed by atoms with Gasteiger partial charge in [-0.15, -0.1) is 0 Å². The van der Waals surface area contributed by atoms with Crippen molar-refractivity contribution < 1.29 is 9.66 Å². The van der Waals surface area contributed by atoms with Crippen LogP contribution in [0.2, 0.25) is 0 Å². The molecule has 2 rings (SSSR count). The summed E-state index contributed by atoms with van der Waals surface area (Å²) >= 11 is 0. The van der Waals surface area contributed by atoms with Crippen LogP contribution in [0.25, 0.3) is 0 Å². The molecule has 21 heavy (non-hydrogen) atoms. The summed E-state index contributed by atoms with van der Waals surface area (Å²) < 4.78 is 6.74. The van der Waals surface area contributed by atoms with Crippen molar-refractivity contribution in [2.45, 2.75) is 6.61 Å². The van der Waals surface area contributed by atoms with Crippen molar-refractivity contribution in [1.29, 1.82) is 10.5 Å².